The first kappa shape index (κ1) is 27.1. The van der Waals surface area contributed by atoms with Crippen LogP contribution in [0, 0.1) is 5.92 Å². The molecule has 2 unspecified atom stereocenters. The van der Waals surface area contributed by atoms with E-state index in [0.29, 0.717) is 5.92 Å². The number of para-hydroxylation sites is 3. The topological polar surface area (TPSA) is 17.8 Å². The second kappa shape index (κ2) is 11.0. The predicted molar refractivity (Wildman–Crippen MR) is 194 cm³/mol. The number of fused-ring (bicyclic) bond motifs is 4. The molecule has 0 amide bonds. The lowest BCUT2D eigenvalue weighted by molar-refractivity contribution is 0.637. The lowest BCUT2D eigenvalue weighted by Crippen LogP contribution is -2.36. The minimum absolute atomic E-state index is 0.273. The largest absolute Gasteiger partial charge is 0.292 e. The normalized spacial score (nSPS) is 18.7. The molecule has 5 aromatic carbocycles. The average Bonchev–Trinajstić information content (AvgIpc) is 3.51. The van der Waals surface area contributed by atoms with E-state index in [2.05, 4.69) is 151 Å². The van der Waals surface area contributed by atoms with Crippen molar-refractivity contribution in [2.75, 3.05) is 0 Å². The summed E-state index contributed by atoms with van der Waals surface area (Å²) in [5.41, 5.74) is 11.7. The summed E-state index contributed by atoms with van der Waals surface area (Å²) < 4.78 is 2.31. The van der Waals surface area contributed by atoms with Crippen LogP contribution in [0.25, 0.3) is 56.9 Å². The third kappa shape index (κ3) is 4.35. The Kier molecular flexibility index (Phi) is 6.48. The second-order valence-electron chi connectivity index (χ2n) is 13.0. The number of rotatable bonds is 4. The SMILES string of the molecule is CC1C=C(c2nc3ccccc3n2-c2ccccc2)C=CC1c1c2c(c(C3=Cc4ccccc4CC3)c3ccccc13)=CCCC=2. The van der Waals surface area contributed by atoms with Gasteiger partial charge in [-0.05, 0) is 105 Å². The summed E-state index contributed by atoms with van der Waals surface area (Å²) in [5, 5.41) is 5.65. The van der Waals surface area contributed by atoms with Crippen molar-refractivity contribution in [1.29, 1.82) is 0 Å². The standard InChI is InChI=1S/C44H36N2/c1-29-27-33(44-45-40-21-11-12-22-41(40)46(44)34-15-3-2-4-16-34)25-26-35(29)43-38-19-9-7-17-36(38)42(37-18-8-10-20-39(37)43)32-24-23-30-13-5-6-14-31(30)28-32/h2-7,9,11-22,25-29,35H,8,10,23-24H2,1H3. The number of hydrogen-bond donors (Lipinski definition) is 0. The quantitative estimate of drug-likeness (QED) is 0.199. The van der Waals surface area contributed by atoms with Crippen molar-refractivity contribution in [2.45, 2.75) is 38.5 Å². The maximum atomic E-state index is 5.17. The van der Waals surface area contributed by atoms with Gasteiger partial charge in [-0.25, -0.2) is 4.98 Å². The van der Waals surface area contributed by atoms with Crippen molar-refractivity contribution >= 4 is 51.2 Å². The molecule has 1 heterocycles. The summed E-state index contributed by atoms with van der Waals surface area (Å²) in [6.07, 6.45) is 19.1. The molecule has 2 atom stereocenters. The van der Waals surface area contributed by atoms with E-state index in [1.165, 1.54) is 54.6 Å². The highest BCUT2D eigenvalue weighted by atomic mass is 15.1. The zero-order valence-corrected chi connectivity index (χ0v) is 26.2. The Bertz CT molecular complexity index is 2380. The minimum Gasteiger partial charge on any atom is -0.292 e. The Balaban J connectivity index is 1.20. The van der Waals surface area contributed by atoms with Crippen LogP contribution in [0.3, 0.4) is 0 Å². The van der Waals surface area contributed by atoms with Gasteiger partial charge in [-0.2, -0.15) is 0 Å². The van der Waals surface area contributed by atoms with Crippen LogP contribution < -0.4 is 10.4 Å². The van der Waals surface area contributed by atoms with Gasteiger partial charge in [-0.1, -0.05) is 122 Å². The number of hydrogen-bond acceptors (Lipinski definition) is 1. The number of aryl methyl sites for hydroxylation is 1. The van der Waals surface area contributed by atoms with Gasteiger partial charge in [0.05, 0.1) is 11.0 Å². The summed E-state index contributed by atoms with van der Waals surface area (Å²) >= 11 is 0. The first-order valence-corrected chi connectivity index (χ1v) is 16.7. The number of benzene rings is 5. The van der Waals surface area contributed by atoms with Crippen molar-refractivity contribution in [2.24, 2.45) is 5.92 Å². The van der Waals surface area contributed by atoms with E-state index in [-0.39, 0.29) is 5.92 Å². The molecule has 3 aliphatic carbocycles. The molecule has 2 nitrogen and oxygen atoms in total. The van der Waals surface area contributed by atoms with Crippen molar-refractivity contribution in [3.8, 4) is 5.69 Å². The summed E-state index contributed by atoms with van der Waals surface area (Å²) in [4.78, 5) is 5.17. The molecular formula is C44H36N2. The number of nitrogens with zero attached hydrogens (tertiary/aromatic N) is 2. The van der Waals surface area contributed by atoms with Crippen LogP contribution in [0.5, 0.6) is 0 Å². The van der Waals surface area contributed by atoms with Crippen molar-refractivity contribution < 1.29 is 0 Å². The van der Waals surface area contributed by atoms with E-state index in [0.717, 1.165) is 48.2 Å². The molecule has 0 spiro atoms. The third-order valence-corrected chi connectivity index (χ3v) is 10.2. The second-order valence-corrected chi connectivity index (χ2v) is 13.0. The Hall–Kier alpha value is -5.21. The molecule has 222 valence electrons. The molecule has 0 saturated heterocycles. The van der Waals surface area contributed by atoms with Gasteiger partial charge in [-0.15, -0.1) is 0 Å². The maximum Gasteiger partial charge on any atom is 0.145 e. The van der Waals surface area contributed by atoms with Crippen LogP contribution in [-0.2, 0) is 6.42 Å². The van der Waals surface area contributed by atoms with Gasteiger partial charge in [-0.3, -0.25) is 4.57 Å². The molecule has 2 heteroatoms. The molecule has 0 aliphatic heterocycles. The van der Waals surface area contributed by atoms with Crippen molar-refractivity contribution in [1.82, 2.24) is 9.55 Å². The van der Waals surface area contributed by atoms with Crippen molar-refractivity contribution in [3.05, 3.63) is 160 Å². The fourth-order valence-electron chi connectivity index (χ4n) is 8.12. The van der Waals surface area contributed by atoms with E-state index >= 15 is 0 Å². The highest BCUT2D eigenvalue weighted by molar-refractivity contribution is 6.01. The van der Waals surface area contributed by atoms with Crippen LogP contribution in [0.1, 0.15) is 60.2 Å². The van der Waals surface area contributed by atoms with Crippen molar-refractivity contribution in [3.63, 3.8) is 0 Å². The molecular weight excluding hydrogens is 556 g/mol. The molecule has 9 rings (SSSR count). The van der Waals surface area contributed by atoms with Gasteiger partial charge in [0.1, 0.15) is 5.82 Å². The van der Waals surface area contributed by atoms with Gasteiger partial charge >= 0.3 is 0 Å². The highest BCUT2D eigenvalue weighted by Gasteiger charge is 2.27. The first-order valence-electron chi connectivity index (χ1n) is 16.7. The highest BCUT2D eigenvalue weighted by Crippen LogP contribution is 2.40. The Morgan fingerprint density at radius 3 is 2.33 bits per heavy atom. The number of imidazole rings is 1. The van der Waals surface area contributed by atoms with Crippen LogP contribution in [0.4, 0.5) is 0 Å². The molecule has 6 aromatic rings. The van der Waals surface area contributed by atoms with Crippen LogP contribution in [0.2, 0.25) is 0 Å². The summed E-state index contributed by atoms with van der Waals surface area (Å²) in [5.74, 6) is 1.58. The van der Waals surface area contributed by atoms with Gasteiger partial charge in [0.25, 0.3) is 0 Å². The smallest absolute Gasteiger partial charge is 0.145 e. The van der Waals surface area contributed by atoms with Gasteiger partial charge < -0.3 is 0 Å². The Labute approximate surface area is 270 Å². The zero-order chi connectivity index (χ0) is 30.6. The molecule has 3 aliphatic rings. The summed E-state index contributed by atoms with van der Waals surface area (Å²) in [6, 6.07) is 37.1. The summed E-state index contributed by atoms with van der Waals surface area (Å²) in [7, 11) is 0. The number of aromatic nitrogens is 2. The van der Waals surface area contributed by atoms with Gasteiger partial charge in [0.2, 0.25) is 0 Å². The molecule has 0 bridgehead atoms. The van der Waals surface area contributed by atoms with Gasteiger partial charge in [0.15, 0.2) is 0 Å². The molecule has 1 aromatic heterocycles. The molecule has 0 fully saturated rings. The van der Waals surface area contributed by atoms with E-state index in [4.69, 9.17) is 4.98 Å². The van der Waals surface area contributed by atoms with Crippen LogP contribution in [0.15, 0.2) is 121 Å². The molecule has 0 saturated carbocycles. The van der Waals surface area contributed by atoms with E-state index in [1.54, 1.807) is 0 Å². The molecule has 46 heavy (non-hydrogen) atoms. The average molecular weight is 593 g/mol. The molecule has 0 radical (unpaired) electrons. The predicted octanol–water partition coefficient (Wildman–Crippen LogP) is 9.39. The minimum atomic E-state index is 0.273. The lowest BCUT2D eigenvalue weighted by Gasteiger charge is -2.28. The van der Waals surface area contributed by atoms with Gasteiger partial charge in [0, 0.05) is 17.2 Å². The summed E-state index contributed by atoms with van der Waals surface area (Å²) in [6.45, 7) is 2.38. The van der Waals surface area contributed by atoms with Crippen LogP contribution in [-0.4, -0.2) is 9.55 Å². The van der Waals surface area contributed by atoms with E-state index < -0.39 is 0 Å². The Morgan fingerprint density at radius 2 is 1.46 bits per heavy atom. The first-order chi connectivity index (χ1) is 22.7. The maximum absolute atomic E-state index is 5.17. The fourth-order valence-corrected chi connectivity index (χ4v) is 8.12. The van der Waals surface area contributed by atoms with E-state index in [9.17, 15) is 0 Å². The molecule has 0 N–H and O–H groups in total. The third-order valence-electron chi connectivity index (χ3n) is 10.2. The van der Waals surface area contributed by atoms with E-state index in [1.807, 2.05) is 0 Å². The monoisotopic (exact) mass is 592 g/mol. The Morgan fingerprint density at radius 1 is 0.717 bits per heavy atom. The van der Waals surface area contributed by atoms with Crippen LogP contribution >= 0.6 is 0 Å². The fraction of sp³-hybridized carbons (Fsp3) is 0.159. The number of allylic oxidation sites excluding steroid dienone is 5. The lowest BCUT2D eigenvalue weighted by atomic mass is 9.76. The zero-order valence-electron chi connectivity index (χ0n) is 26.2.